The monoisotopic (exact) mass is 368 g/mol. The highest BCUT2D eigenvalue weighted by atomic mass is 16.5. The zero-order valence-electron chi connectivity index (χ0n) is 16.8. The standard InChI is InChI=1S/C22H28N2O3/c1-15-9-10-16(2)19(13-15)27-12-11-21(26)24(5)14-20(25)23-22-17(3)7-6-8-18(22)4/h6-10,13H,11-12,14H2,1-5H3,(H,23,25). The van der Waals surface area contributed by atoms with Gasteiger partial charge < -0.3 is 15.0 Å². The summed E-state index contributed by atoms with van der Waals surface area (Å²) >= 11 is 0. The van der Waals surface area contributed by atoms with Gasteiger partial charge in [0, 0.05) is 12.7 Å². The van der Waals surface area contributed by atoms with Crippen LogP contribution in [0.25, 0.3) is 0 Å². The van der Waals surface area contributed by atoms with Crippen molar-refractivity contribution in [2.75, 3.05) is 25.5 Å². The van der Waals surface area contributed by atoms with Crippen LogP contribution in [-0.2, 0) is 9.59 Å². The number of ether oxygens (including phenoxy) is 1. The minimum absolute atomic E-state index is 0.0100. The number of para-hydroxylation sites is 1. The first-order valence-corrected chi connectivity index (χ1v) is 9.08. The molecule has 0 unspecified atom stereocenters. The van der Waals surface area contributed by atoms with E-state index in [1.54, 1.807) is 7.05 Å². The van der Waals surface area contributed by atoms with Gasteiger partial charge in [-0.05, 0) is 56.0 Å². The fourth-order valence-corrected chi connectivity index (χ4v) is 2.80. The molecule has 5 nitrogen and oxygen atoms in total. The lowest BCUT2D eigenvalue weighted by Crippen LogP contribution is -2.35. The third-order valence-corrected chi connectivity index (χ3v) is 4.47. The number of benzene rings is 2. The SMILES string of the molecule is Cc1ccc(C)c(OCCC(=O)N(C)CC(=O)Nc2c(C)cccc2C)c1. The van der Waals surface area contributed by atoms with Crippen molar-refractivity contribution >= 4 is 17.5 Å². The highest BCUT2D eigenvalue weighted by Gasteiger charge is 2.14. The number of carbonyl (C=O) groups excluding carboxylic acids is 2. The minimum atomic E-state index is -0.210. The lowest BCUT2D eigenvalue weighted by molar-refractivity contribution is -0.133. The second-order valence-electron chi connectivity index (χ2n) is 6.93. The Morgan fingerprint density at radius 1 is 1.00 bits per heavy atom. The Morgan fingerprint density at radius 3 is 2.33 bits per heavy atom. The quantitative estimate of drug-likeness (QED) is 0.809. The third-order valence-electron chi connectivity index (χ3n) is 4.47. The van der Waals surface area contributed by atoms with Gasteiger partial charge in [0.2, 0.25) is 11.8 Å². The van der Waals surface area contributed by atoms with E-state index in [0.29, 0.717) is 0 Å². The summed E-state index contributed by atoms with van der Waals surface area (Å²) in [5, 5.41) is 2.90. The Hall–Kier alpha value is -2.82. The van der Waals surface area contributed by atoms with Gasteiger partial charge in [-0.2, -0.15) is 0 Å². The Balaban J connectivity index is 1.82. The summed E-state index contributed by atoms with van der Waals surface area (Å²) in [5.41, 5.74) is 4.96. The van der Waals surface area contributed by atoms with E-state index in [-0.39, 0.29) is 31.4 Å². The number of carbonyl (C=O) groups is 2. The van der Waals surface area contributed by atoms with Gasteiger partial charge in [0.15, 0.2) is 0 Å². The Bertz CT molecular complexity index is 810. The lowest BCUT2D eigenvalue weighted by Gasteiger charge is -2.18. The van der Waals surface area contributed by atoms with Crippen molar-refractivity contribution in [2.45, 2.75) is 34.1 Å². The molecular formula is C22H28N2O3. The first-order chi connectivity index (χ1) is 12.8. The third kappa shape index (κ3) is 5.84. The van der Waals surface area contributed by atoms with Gasteiger partial charge in [0.1, 0.15) is 5.75 Å². The van der Waals surface area contributed by atoms with Crippen LogP contribution >= 0.6 is 0 Å². The average molecular weight is 368 g/mol. The minimum Gasteiger partial charge on any atom is -0.493 e. The van der Waals surface area contributed by atoms with Gasteiger partial charge in [-0.15, -0.1) is 0 Å². The fraction of sp³-hybridized carbons (Fsp3) is 0.364. The van der Waals surface area contributed by atoms with Crippen LogP contribution in [0.1, 0.15) is 28.7 Å². The van der Waals surface area contributed by atoms with E-state index in [0.717, 1.165) is 33.7 Å². The molecule has 0 heterocycles. The van der Waals surface area contributed by atoms with Crippen molar-refractivity contribution in [3.8, 4) is 5.75 Å². The summed E-state index contributed by atoms with van der Waals surface area (Å²) in [6.45, 7) is 8.16. The maximum Gasteiger partial charge on any atom is 0.243 e. The Labute approximate surface area is 161 Å². The predicted octanol–water partition coefficient (Wildman–Crippen LogP) is 3.79. The molecule has 0 fully saturated rings. The van der Waals surface area contributed by atoms with E-state index >= 15 is 0 Å². The van der Waals surface area contributed by atoms with Crippen LogP contribution in [0.5, 0.6) is 5.75 Å². The second kappa shape index (κ2) is 9.21. The van der Waals surface area contributed by atoms with Crippen molar-refractivity contribution < 1.29 is 14.3 Å². The number of hydrogen-bond acceptors (Lipinski definition) is 3. The zero-order chi connectivity index (χ0) is 20.0. The molecule has 144 valence electrons. The van der Waals surface area contributed by atoms with Crippen LogP contribution in [0.2, 0.25) is 0 Å². The molecule has 2 aromatic rings. The number of nitrogens with one attached hydrogen (secondary N) is 1. The molecule has 27 heavy (non-hydrogen) atoms. The number of nitrogens with zero attached hydrogens (tertiary/aromatic N) is 1. The van der Waals surface area contributed by atoms with Crippen LogP contribution in [0.4, 0.5) is 5.69 Å². The summed E-state index contributed by atoms with van der Waals surface area (Å²) in [7, 11) is 1.63. The van der Waals surface area contributed by atoms with E-state index in [1.807, 2.05) is 64.1 Å². The summed E-state index contributed by atoms with van der Waals surface area (Å²) in [4.78, 5) is 26.0. The van der Waals surface area contributed by atoms with Crippen LogP contribution < -0.4 is 10.1 Å². The van der Waals surface area contributed by atoms with Gasteiger partial charge in [-0.25, -0.2) is 0 Å². The fourth-order valence-electron chi connectivity index (χ4n) is 2.80. The number of likely N-dealkylation sites (N-methyl/N-ethyl adjacent to an activating group) is 1. The first kappa shape index (κ1) is 20.5. The van der Waals surface area contributed by atoms with Crippen molar-refractivity contribution in [1.29, 1.82) is 0 Å². The van der Waals surface area contributed by atoms with Crippen LogP contribution in [-0.4, -0.2) is 36.9 Å². The van der Waals surface area contributed by atoms with E-state index in [1.165, 1.54) is 4.90 Å². The number of aryl methyl sites for hydroxylation is 4. The van der Waals surface area contributed by atoms with Crippen molar-refractivity contribution in [2.24, 2.45) is 0 Å². The summed E-state index contributed by atoms with van der Waals surface area (Å²) in [6, 6.07) is 11.8. The van der Waals surface area contributed by atoms with E-state index in [9.17, 15) is 9.59 Å². The van der Waals surface area contributed by atoms with Crippen LogP contribution in [0, 0.1) is 27.7 Å². The van der Waals surface area contributed by atoms with Gasteiger partial charge in [0.25, 0.3) is 0 Å². The van der Waals surface area contributed by atoms with Crippen LogP contribution in [0.3, 0.4) is 0 Å². The topological polar surface area (TPSA) is 58.6 Å². The van der Waals surface area contributed by atoms with Gasteiger partial charge in [-0.1, -0.05) is 30.3 Å². The highest BCUT2D eigenvalue weighted by Crippen LogP contribution is 2.20. The molecule has 0 atom stereocenters. The second-order valence-corrected chi connectivity index (χ2v) is 6.93. The van der Waals surface area contributed by atoms with Gasteiger partial charge in [-0.3, -0.25) is 9.59 Å². The number of anilines is 1. The molecule has 2 aromatic carbocycles. The first-order valence-electron chi connectivity index (χ1n) is 9.08. The van der Waals surface area contributed by atoms with E-state index in [2.05, 4.69) is 5.32 Å². The van der Waals surface area contributed by atoms with E-state index in [4.69, 9.17) is 4.74 Å². The van der Waals surface area contributed by atoms with Crippen molar-refractivity contribution in [3.05, 3.63) is 58.7 Å². The molecule has 5 heteroatoms. The summed E-state index contributed by atoms with van der Waals surface area (Å²) in [5.74, 6) is 0.453. The molecule has 2 amide bonds. The molecule has 0 aliphatic rings. The smallest absolute Gasteiger partial charge is 0.243 e. The normalized spacial score (nSPS) is 10.4. The number of amides is 2. The molecule has 0 bridgehead atoms. The Morgan fingerprint density at radius 2 is 1.67 bits per heavy atom. The molecule has 0 spiro atoms. The number of hydrogen-bond donors (Lipinski definition) is 1. The molecule has 0 aliphatic heterocycles. The van der Waals surface area contributed by atoms with E-state index < -0.39 is 0 Å². The molecule has 0 aromatic heterocycles. The molecular weight excluding hydrogens is 340 g/mol. The molecule has 0 radical (unpaired) electrons. The zero-order valence-corrected chi connectivity index (χ0v) is 16.8. The predicted molar refractivity (Wildman–Crippen MR) is 108 cm³/mol. The summed E-state index contributed by atoms with van der Waals surface area (Å²) in [6.07, 6.45) is 0.223. The largest absolute Gasteiger partial charge is 0.493 e. The maximum atomic E-state index is 12.3. The van der Waals surface area contributed by atoms with Gasteiger partial charge >= 0.3 is 0 Å². The molecule has 0 saturated carbocycles. The number of rotatable bonds is 7. The molecule has 1 N–H and O–H groups in total. The summed E-state index contributed by atoms with van der Waals surface area (Å²) < 4.78 is 5.72. The maximum absolute atomic E-state index is 12.3. The van der Waals surface area contributed by atoms with Gasteiger partial charge in [0.05, 0.1) is 19.6 Å². The lowest BCUT2D eigenvalue weighted by atomic mass is 10.1. The van der Waals surface area contributed by atoms with Crippen molar-refractivity contribution in [3.63, 3.8) is 0 Å². The van der Waals surface area contributed by atoms with Crippen molar-refractivity contribution in [1.82, 2.24) is 4.90 Å². The Kier molecular flexibility index (Phi) is 6.99. The highest BCUT2D eigenvalue weighted by molar-refractivity contribution is 5.95. The average Bonchev–Trinajstić information content (AvgIpc) is 2.61. The molecule has 0 aliphatic carbocycles. The van der Waals surface area contributed by atoms with Crippen LogP contribution in [0.15, 0.2) is 36.4 Å². The molecule has 2 rings (SSSR count). The molecule has 0 saturated heterocycles.